The summed E-state index contributed by atoms with van der Waals surface area (Å²) in [6, 6.07) is 9.85. The summed E-state index contributed by atoms with van der Waals surface area (Å²) in [4.78, 5) is 44.2. The lowest BCUT2D eigenvalue weighted by atomic mass is 9.82. The molecule has 0 saturated heterocycles. The lowest BCUT2D eigenvalue weighted by molar-refractivity contribution is 0.0959. The highest BCUT2D eigenvalue weighted by Crippen LogP contribution is 2.30. The van der Waals surface area contributed by atoms with Gasteiger partial charge in [0.2, 0.25) is 0 Å². The molecule has 7 heteroatoms. The minimum Gasteiger partial charge on any atom is -0.383 e. The minimum absolute atomic E-state index is 0.0282. The van der Waals surface area contributed by atoms with Gasteiger partial charge in [0, 0.05) is 25.3 Å². The molecule has 0 saturated carbocycles. The average Bonchev–Trinajstić information content (AvgIpc) is 2.72. The van der Waals surface area contributed by atoms with Crippen LogP contribution in [0.2, 0.25) is 0 Å². The van der Waals surface area contributed by atoms with E-state index in [0.717, 1.165) is 5.56 Å². The first-order chi connectivity index (χ1) is 14.1. The Morgan fingerprint density at radius 1 is 1.21 bits per heavy atom. The fraction of sp³-hybridized carbons (Fsp3) is 0.273. The third-order valence-corrected chi connectivity index (χ3v) is 5.21. The van der Waals surface area contributed by atoms with E-state index in [9.17, 15) is 14.4 Å². The number of Topliss-reactive ketones (excluding diaryl/α,β-unsaturated/α-hetero) is 1. The second-order valence-electron chi connectivity index (χ2n) is 7.11. The first kappa shape index (κ1) is 19.0. The van der Waals surface area contributed by atoms with E-state index >= 15 is 0 Å². The zero-order valence-corrected chi connectivity index (χ0v) is 16.1. The Morgan fingerprint density at radius 2 is 2.00 bits per heavy atom. The van der Waals surface area contributed by atoms with E-state index in [1.165, 1.54) is 17.9 Å². The molecular formula is C22H21N3O4. The Morgan fingerprint density at radius 3 is 2.76 bits per heavy atom. The maximum atomic E-state index is 12.7. The number of nitrogens with one attached hydrogen (secondary N) is 1. The Bertz CT molecular complexity index is 1210. The van der Waals surface area contributed by atoms with Crippen molar-refractivity contribution in [2.45, 2.75) is 19.4 Å². The molecule has 2 heterocycles. The van der Waals surface area contributed by atoms with Crippen LogP contribution >= 0.6 is 0 Å². The van der Waals surface area contributed by atoms with E-state index in [2.05, 4.69) is 9.97 Å². The molecule has 0 radical (unpaired) electrons. The van der Waals surface area contributed by atoms with Crippen molar-refractivity contribution in [1.29, 1.82) is 0 Å². The molecule has 0 unspecified atom stereocenters. The number of methoxy groups -OCH3 is 1. The van der Waals surface area contributed by atoms with Crippen molar-refractivity contribution in [1.82, 2.24) is 14.5 Å². The van der Waals surface area contributed by atoms with Crippen molar-refractivity contribution in [3.63, 3.8) is 0 Å². The molecule has 3 aromatic rings. The van der Waals surface area contributed by atoms with E-state index in [0.29, 0.717) is 36.0 Å². The standard InChI is InChI=1S/C22H21N3O4/c1-29-10-9-25-20-19(21(27)24-22(25)28)16-11-15(12-18(26)17(16)13-23-20)8-7-14-5-3-2-4-6-14/h2-8,13,15H,9-12H2,1H3,(H,24,27,28)/b8-7+/t15-/m0/s1. The van der Waals surface area contributed by atoms with E-state index in [1.807, 2.05) is 42.5 Å². The van der Waals surface area contributed by atoms with Crippen LogP contribution in [0.3, 0.4) is 0 Å². The zero-order chi connectivity index (χ0) is 20.4. The summed E-state index contributed by atoms with van der Waals surface area (Å²) in [5.74, 6) is -0.0723. The van der Waals surface area contributed by atoms with Gasteiger partial charge in [0.1, 0.15) is 5.65 Å². The molecule has 0 bridgehead atoms. The van der Waals surface area contributed by atoms with E-state index in [1.54, 1.807) is 0 Å². The highest BCUT2D eigenvalue weighted by molar-refractivity contribution is 6.02. The minimum atomic E-state index is -0.533. The second-order valence-corrected chi connectivity index (χ2v) is 7.11. The van der Waals surface area contributed by atoms with Crippen LogP contribution in [0.4, 0.5) is 0 Å². The number of carbonyl (C=O) groups is 1. The summed E-state index contributed by atoms with van der Waals surface area (Å²) < 4.78 is 6.44. The summed E-state index contributed by atoms with van der Waals surface area (Å²) in [6.45, 7) is 0.570. The molecule has 29 heavy (non-hydrogen) atoms. The molecule has 0 fully saturated rings. The van der Waals surface area contributed by atoms with Gasteiger partial charge in [0.15, 0.2) is 5.78 Å². The number of hydrogen-bond donors (Lipinski definition) is 1. The Balaban J connectivity index is 1.79. The van der Waals surface area contributed by atoms with Gasteiger partial charge in [0.25, 0.3) is 5.56 Å². The van der Waals surface area contributed by atoms with Gasteiger partial charge < -0.3 is 4.74 Å². The normalized spacial score (nSPS) is 16.4. The number of H-pyrrole nitrogens is 1. The fourth-order valence-corrected chi connectivity index (χ4v) is 3.78. The number of hydrogen-bond acceptors (Lipinski definition) is 5. The SMILES string of the molecule is COCCn1c(=O)[nH]c(=O)c2c3c(cnc21)C(=O)C[C@@H](/C=C/c1ccccc1)C3. The first-order valence-corrected chi connectivity index (χ1v) is 9.48. The van der Waals surface area contributed by atoms with E-state index < -0.39 is 11.2 Å². The smallest absolute Gasteiger partial charge is 0.330 e. The summed E-state index contributed by atoms with van der Waals surface area (Å²) in [5.41, 5.74) is 1.41. The van der Waals surface area contributed by atoms with Gasteiger partial charge in [-0.2, -0.15) is 0 Å². The van der Waals surface area contributed by atoms with Crippen LogP contribution in [0.1, 0.15) is 27.9 Å². The van der Waals surface area contributed by atoms with Crippen LogP contribution in [0, 0.1) is 5.92 Å². The van der Waals surface area contributed by atoms with Crippen molar-refractivity contribution in [3.05, 3.63) is 80.1 Å². The Labute approximate surface area is 166 Å². The number of aromatic amines is 1. The fourth-order valence-electron chi connectivity index (χ4n) is 3.78. The maximum absolute atomic E-state index is 12.7. The third kappa shape index (κ3) is 3.69. The molecular weight excluding hydrogens is 370 g/mol. The van der Waals surface area contributed by atoms with Crippen molar-refractivity contribution in [3.8, 4) is 0 Å². The number of ether oxygens (including phenoxy) is 1. The van der Waals surface area contributed by atoms with Gasteiger partial charge in [-0.1, -0.05) is 42.5 Å². The number of nitrogens with zero attached hydrogens (tertiary/aromatic N) is 2. The molecule has 0 amide bonds. The quantitative estimate of drug-likeness (QED) is 0.720. The topological polar surface area (TPSA) is 94.1 Å². The van der Waals surface area contributed by atoms with Gasteiger partial charge in [-0.15, -0.1) is 0 Å². The van der Waals surface area contributed by atoms with Crippen molar-refractivity contribution < 1.29 is 9.53 Å². The van der Waals surface area contributed by atoms with Gasteiger partial charge in [-0.3, -0.25) is 19.1 Å². The molecule has 7 nitrogen and oxygen atoms in total. The number of pyridine rings is 1. The number of benzene rings is 1. The van der Waals surface area contributed by atoms with E-state index in [4.69, 9.17) is 4.74 Å². The molecule has 0 spiro atoms. The molecule has 2 aromatic heterocycles. The van der Waals surface area contributed by atoms with Gasteiger partial charge >= 0.3 is 5.69 Å². The van der Waals surface area contributed by atoms with Crippen LogP contribution in [0.5, 0.6) is 0 Å². The van der Waals surface area contributed by atoms with Gasteiger partial charge in [-0.25, -0.2) is 9.78 Å². The predicted molar refractivity (Wildman–Crippen MR) is 110 cm³/mol. The van der Waals surface area contributed by atoms with E-state index in [-0.39, 0.29) is 23.9 Å². The number of allylic oxidation sites excluding steroid dienone is 1. The molecule has 1 aliphatic carbocycles. The summed E-state index contributed by atoms with van der Waals surface area (Å²) in [7, 11) is 1.54. The Hall–Kier alpha value is -3.32. The monoisotopic (exact) mass is 391 g/mol. The van der Waals surface area contributed by atoms with Crippen molar-refractivity contribution in [2.75, 3.05) is 13.7 Å². The average molecular weight is 391 g/mol. The summed E-state index contributed by atoms with van der Waals surface area (Å²) in [5, 5.41) is 0.310. The number of rotatable bonds is 5. The highest BCUT2D eigenvalue weighted by atomic mass is 16.5. The van der Waals surface area contributed by atoms with Crippen LogP contribution in [0.15, 0.2) is 52.2 Å². The number of carbonyl (C=O) groups excluding carboxylic acids is 1. The molecule has 1 aliphatic rings. The van der Waals surface area contributed by atoms with Crippen LogP contribution < -0.4 is 11.2 Å². The predicted octanol–water partition coefficient (Wildman–Crippen LogP) is 2.19. The molecule has 148 valence electrons. The number of ketones is 1. The van der Waals surface area contributed by atoms with Crippen LogP contribution in [0.25, 0.3) is 17.1 Å². The number of fused-ring (bicyclic) bond motifs is 3. The van der Waals surface area contributed by atoms with Crippen molar-refractivity contribution in [2.24, 2.45) is 5.92 Å². The lowest BCUT2D eigenvalue weighted by Gasteiger charge is -2.22. The van der Waals surface area contributed by atoms with Crippen LogP contribution in [-0.2, 0) is 17.7 Å². The molecule has 4 rings (SSSR count). The zero-order valence-electron chi connectivity index (χ0n) is 16.1. The summed E-state index contributed by atoms with van der Waals surface area (Å²) in [6.07, 6.45) is 6.39. The summed E-state index contributed by atoms with van der Waals surface area (Å²) >= 11 is 0. The first-order valence-electron chi connectivity index (χ1n) is 9.48. The molecule has 1 aromatic carbocycles. The van der Waals surface area contributed by atoms with Gasteiger partial charge in [0.05, 0.1) is 18.5 Å². The maximum Gasteiger partial charge on any atom is 0.330 e. The largest absolute Gasteiger partial charge is 0.383 e. The lowest BCUT2D eigenvalue weighted by Crippen LogP contribution is -2.33. The van der Waals surface area contributed by atoms with Crippen LogP contribution in [-0.4, -0.2) is 34.0 Å². The molecule has 1 N–H and O–H groups in total. The van der Waals surface area contributed by atoms with Gasteiger partial charge in [-0.05, 0) is 23.5 Å². The molecule has 1 atom stereocenters. The second kappa shape index (κ2) is 7.97. The third-order valence-electron chi connectivity index (χ3n) is 5.21. The number of aromatic nitrogens is 3. The highest BCUT2D eigenvalue weighted by Gasteiger charge is 2.28. The molecule has 0 aliphatic heterocycles. The van der Waals surface area contributed by atoms with Crippen molar-refractivity contribution >= 4 is 22.9 Å². The Kier molecular flexibility index (Phi) is 5.22.